The molecule has 11 aromatic rings. The number of fused-ring (bicyclic) bond motifs is 9. The maximum Gasteiger partial charge on any atom is 0.0547 e. The Bertz CT molecular complexity index is 3550. The van der Waals surface area contributed by atoms with E-state index in [0.29, 0.717) is 0 Å². The molecule has 10 aromatic carbocycles. The van der Waals surface area contributed by atoms with Gasteiger partial charge in [-0.3, -0.25) is 0 Å². The molecule has 13 rings (SSSR count). The van der Waals surface area contributed by atoms with Crippen LogP contribution in [0.15, 0.2) is 231 Å². The third-order valence-electron chi connectivity index (χ3n) is 13.4. The molecular formula is C65H53NS. The highest BCUT2D eigenvalue weighted by Crippen LogP contribution is 2.44. The van der Waals surface area contributed by atoms with E-state index in [1.165, 1.54) is 122 Å². The second kappa shape index (κ2) is 18.7. The van der Waals surface area contributed by atoms with E-state index in [4.69, 9.17) is 0 Å². The Hall–Kier alpha value is -7.65. The van der Waals surface area contributed by atoms with Gasteiger partial charge in [0.05, 0.1) is 11.0 Å². The maximum absolute atomic E-state index is 2.42. The zero-order valence-corrected chi connectivity index (χ0v) is 39.3. The van der Waals surface area contributed by atoms with Crippen molar-refractivity contribution in [3.05, 3.63) is 258 Å². The van der Waals surface area contributed by atoms with Crippen LogP contribution in [-0.2, 0) is 12.8 Å². The molecule has 1 nitrogen and oxygen atoms in total. The molecule has 2 aliphatic carbocycles. The van der Waals surface area contributed by atoms with Crippen molar-refractivity contribution in [2.24, 2.45) is 0 Å². The molecule has 0 saturated carbocycles. The average molecular weight is 880 g/mol. The summed E-state index contributed by atoms with van der Waals surface area (Å²) < 4.78 is 2.42. The van der Waals surface area contributed by atoms with Crippen molar-refractivity contribution in [1.82, 2.24) is 4.57 Å². The second-order valence-corrected chi connectivity index (χ2v) is 17.4. The van der Waals surface area contributed by atoms with Crippen molar-refractivity contribution < 1.29 is 0 Å². The van der Waals surface area contributed by atoms with Crippen LogP contribution in [0.4, 0.5) is 0 Å². The summed E-state index contributed by atoms with van der Waals surface area (Å²) in [6.07, 6.45) is 1.99. The fourth-order valence-electron chi connectivity index (χ4n) is 10.1. The van der Waals surface area contributed by atoms with Crippen molar-refractivity contribution in [3.63, 3.8) is 0 Å². The lowest BCUT2D eigenvalue weighted by Crippen LogP contribution is -1.93. The number of hydrogen-bond donors (Lipinski definition) is 0. The number of para-hydroxylation sites is 1. The predicted octanol–water partition coefficient (Wildman–Crippen LogP) is 17.7. The van der Waals surface area contributed by atoms with Gasteiger partial charge in [-0.15, -0.1) is 0 Å². The molecule has 0 unspecified atom stereocenters. The molecule has 0 fully saturated rings. The highest BCUT2D eigenvalue weighted by Gasteiger charge is 2.22. The number of rotatable bonds is 5. The van der Waals surface area contributed by atoms with E-state index in [1.807, 2.05) is 32.0 Å². The Morgan fingerprint density at radius 1 is 0.299 bits per heavy atom. The Morgan fingerprint density at radius 2 is 0.731 bits per heavy atom. The molecule has 2 aliphatic rings. The quantitative estimate of drug-likeness (QED) is 0.162. The third-order valence-corrected chi connectivity index (χ3v) is 13.4. The lowest BCUT2D eigenvalue weighted by Gasteiger charge is -2.11. The van der Waals surface area contributed by atoms with Gasteiger partial charge >= 0.3 is 0 Å². The Morgan fingerprint density at radius 3 is 1.31 bits per heavy atom. The summed E-state index contributed by atoms with van der Waals surface area (Å²) in [5.74, 6) is 0. The first-order valence-corrected chi connectivity index (χ1v) is 23.4. The molecule has 0 amide bonds. The molecule has 0 atom stereocenters. The van der Waals surface area contributed by atoms with E-state index in [2.05, 4.69) is 224 Å². The molecule has 0 saturated heterocycles. The minimum Gasteiger partial charge on any atom is -0.309 e. The number of nitrogens with zero attached hydrogens (tertiary/aromatic N) is 1. The molecule has 67 heavy (non-hydrogen) atoms. The SMILES string of the molecule is CC.Cc1ccccc1.S.c1ccc(-c2ccc3c(c2)c2ccc(-c4ccc5c(c4)-c4cc(-c6cccc(-c7ccc8c(c7)-c7ccccc7C8)c6)ccc4C5)cc2n3-c2ccccc2)cc1. The number of aromatic nitrogens is 1. The highest BCUT2D eigenvalue weighted by molar-refractivity contribution is 7.59. The summed E-state index contributed by atoms with van der Waals surface area (Å²) in [5.41, 5.74) is 25.9. The first-order valence-electron chi connectivity index (χ1n) is 23.4. The summed E-state index contributed by atoms with van der Waals surface area (Å²) in [6, 6.07) is 84.7. The number of hydrogen-bond acceptors (Lipinski definition) is 0. The summed E-state index contributed by atoms with van der Waals surface area (Å²) in [7, 11) is 0. The van der Waals surface area contributed by atoms with Crippen molar-refractivity contribution in [2.75, 3.05) is 0 Å². The van der Waals surface area contributed by atoms with Crippen LogP contribution in [0.1, 0.15) is 41.7 Å². The molecule has 1 aromatic heterocycles. The first kappa shape index (κ1) is 43.3. The van der Waals surface area contributed by atoms with Crippen LogP contribution in [-0.4, -0.2) is 4.57 Å². The lowest BCUT2D eigenvalue weighted by atomic mass is 9.93. The summed E-state index contributed by atoms with van der Waals surface area (Å²) in [5, 5.41) is 2.53. The molecule has 0 aliphatic heterocycles. The van der Waals surface area contributed by atoms with Crippen molar-refractivity contribution in [3.8, 4) is 72.4 Å². The van der Waals surface area contributed by atoms with Gasteiger partial charge in [0.1, 0.15) is 0 Å². The predicted molar refractivity (Wildman–Crippen MR) is 292 cm³/mol. The van der Waals surface area contributed by atoms with Gasteiger partial charge in [-0.05, 0) is 163 Å². The minimum atomic E-state index is 0. The number of aryl methyl sites for hydroxylation is 1. The van der Waals surface area contributed by atoms with Gasteiger partial charge in [0.2, 0.25) is 0 Å². The van der Waals surface area contributed by atoms with Crippen LogP contribution >= 0.6 is 13.5 Å². The summed E-state index contributed by atoms with van der Waals surface area (Å²) in [4.78, 5) is 0. The second-order valence-electron chi connectivity index (χ2n) is 17.4. The van der Waals surface area contributed by atoms with E-state index >= 15 is 0 Å². The largest absolute Gasteiger partial charge is 0.309 e. The van der Waals surface area contributed by atoms with E-state index in [0.717, 1.165) is 12.8 Å². The van der Waals surface area contributed by atoms with Crippen molar-refractivity contribution in [2.45, 2.75) is 33.6 Å². The van der Waals surface area contributed by atoms with Gasteiger partial charge in [-0.1, -0.05) is 195 Å². The molecule has 1 heterocycles. The minimum absolute atomic E-state index is 0. The van der Waals surface area contributed by atoms with Crippen LogP contribution in [0.2, 0.25) is 0 Å². The molecule has 0 radical (unpaired) electrons. The van der Waals surface area contributed by atoms with E-state index < -0.39 is 0 Å². The summed E-state index contributed by atoms with van der Waals surface area (Å²) in [6.45, 7) is 6.08. The van der Waals surface area contributed by atoms with Gasteiger partial charge in [0.25, 0.3) is 0 Å². The van der Waals surface area contributed by atoms with Crippen LogP contribution < -0.4 is 0 Å². The van der Waals surface area contributed by atoms with Crippen molar-refractivity contribution in [1.29, 1.82) is 0 Å². The first-order chi connectivity index (χ1) is 32.6. The highest BCUT2D eigenvalue weighted by atomic mass is 32.1. The molecule has 0 spiro atoms. The van der Waals surface area contributed by atoms with E-state index in [9.17, 15) is 0 Å². The average Bonchev–Trinajstić information content (AvgIpc) is 4.06. The topological polar surface area (TPSA) is 4.93 Å². The zero-order chi connectivity index (χ0) is 44.6. The van der Waals surface area contributed by atoms with E-state index in [-0.39, 0.29) is 13.5 Å². The van der Waals surface area contributed by atoms with Gasteiger partial charge in [-0.25, -0.2) is 0 Å². The molecule has 0 N–H and O–H groups in total. The fourth-order valence-corrected chi connectivity index (χ4v) is 10.1. The Balaban J connectivity index is 0.000000479. The maximum atomic E-state index is 2.42. The van der Waals surface area contributed by atoms with Crippen molar-refractivity contribution >= 4 is 35.3 Å². The van der Waals surface area contributed by atoms with E-state index in [1.54, 1.807) is 0 Å². The van der Waals surface area contributed by atoms with Gasteiger partial charge in [-0.2, -0.15) is 13.5 Å². The Labute approximate surface area is 402 Å². The summed E-state index contributed by atoms with van der Waals surface area (Å²) >= 11 is 0. The van der Waals surface area contributed by atoms with Crippen LogP contribution in [0.3, 0.4) is 0 Å². The van der Waals surface area contributed by atoms with Crippen LogP contribution in [0.25, 0.3) is 94.3 Å². The molecule has 324 valence electrons. The number of benzene rings is 10. The molecule has 2 heteroatoms. The van der Waals surface area contributed by atoms with Crippen LogP contribution in [0.5, 0.6) is 0 Å². The molecular weight excluding hydrogens is 827 g/mol. The standard InChI is InChI=1S/C56H37N.C7H8.C2H6.H2S/c1-3-10-36(11-4-1)39-25-27-55-54(34-39)50-26-24-43(35-56(50)57(55)48-15-5-2-6-16-48)42-20-23-47-30-46-22-19-41(32-52(46)53(47)33-42)38-14-9-13-37(28-38)40-18-21-45-29-44-12-7-8-17-49(44)51(45)31-40;1-7-5-3-2-4-6-7;1-2;/h1-28,31-35H,29-30H2;2-6H,1H3;1-2H3;1H2. The Kier molecular flexibility index (Phi) is 12.1. The monoisotopic (exact) mass is 879 g/mol. The smallest absolute Gasteiger partial charge is 0.0547 e. The molecule has 0 bridgehead atoms. The van der Waals surface area contributed by atoms with Gasteiger partial charge < -0.3 is 4.57 Å². The lowest BCUT2D eigenvalue weighted by molar-refractivity contribution is 1.18. The fraction of sp³-hybridized carbons (Fsp3) is 0.0769. The zero-order valence-electron chi connectivity index (χ0n) is 38.3. The van der Waals surface area contributed by atoms with Gasteiger partial charge in [0, 0.05) is 16.5 Å². The third kappa shape index (κ3) is 8.20. The normalized spacial score (nSPS) is 11.6. The van der Waals surface area contributed by atoms with Gasteiger partial charge in [0.15, 0.2) is 0 Å². The van der Waals surface area contributed by atoms with Crippen LogP contribution in [0, 0.1) is 6.92 Å².